The number of hydrogen-bond acceptors (Lipinski definition) is 4. The van der Waals surface area contributed by atoms with Crippen LogP contribution in [0, 0.1) is 0 Å². The van der Waals surface area contributed by atoms with E-state index in [1.54, 1.807) is 7.11 Å². The van der Waals surface area contributed by atoms with Crippen LogP contribution in [0.2, 0.25) is 0 Å². The van der Waals surface area contributed by atoms with Gasteiger partial charge in [-0.15, -0.1) is 0 Å². The molecule has 0 aliphatic rings. The van der Waals surface area contributed by atoms with Crippen LogP contribution in [-0.4, -0.2) is 61.5 Å². The predicted octanol–water partition coefficient (Wildman–Crippen LogP) is 1.48. The molecule has 0 heterocycles. The van der Waals surface area contributed by atoms with Gasteiger partial charge in [0.05, 0.1) is 12.7 Å². The van der Waals surface area contributed by atoms with E-state index in [4.69, 9.17) is 4.74 Å². The topological polar surface area (TPSA) is 44.7 Å². The summed E-state index contributed by atoms with van der Waals surface area (Å²) in [5, 5.41) is 13.3. The van der Waals surface area contributed by atoms with Crippen molar-refractivity contribution in [1.29, 1.82) is 0 Å². The molecule has 1 unspecified atom stereocenters. The zero-order chi connectivity index (χ0) is 14.0. The highest BCUT2D eigenvalue weighted by Crippen LogP contribution is 2.09. The van der Waals surface area contributed by atoms with Crippen molar-refractivity contribution in [2.75, 3.05) is 33.4 Å². The van der Waals surface area contributed by atoms with Crippen LogP contribution in [0.5, 0.6) is 0 Å². The van der Waals surface area contributed by atoms with Crippen LogP contribution in [-0.2, 0) is 4.74 Å². The lowest BCUT2D eigenvalue weighted by atomic mass is 10.1. The van der Waals surface area contributed by atoms with Gasteiger partial charge in [-0.05, 0) is 12.8 Å². The first-order valence-electron chi connectivity index (χ1n) is 7.19. The molecule has 110 valence electrons. The van der Waals surface area contributed by atoms with E-state index in [1.165, 1.54) is 0 Å². The molecule has 4 heteroatoms. The van der Waals surface area contributed by atoms with Crippen molar-refractivity contribution in [2.24, 2.45) is 0 Å². The molecule has 2 N–H and O–H groups in total. The monoisotopic (exact) mass is 260 g/mol. The van der Waals surface area contributed by atoms with E-state index in [0.29, 0.717) is 18.6 Å². The number of methoxy groups -OCH3 is 1. The smallest absolute Gasteiger partial charge is 0.0791 e. The Morgan fingerprint density at radius 2 is 1.83 bits per heavy atom. The van der Waals surface area contributed by atoms with Crippen LogP contribution in [0.25, 0.3) is 0 Å². The molecule has 1 atom stereocenters. The van der Waals surface area contributed by atoms with Crippen LogP contribution in [0.1, 0.15) is 40.5 Å². The first kappa shape index (κ1) is 17.8. The maximum atomic E-state index is 10.1. The fourth-order valence-corrected chi connectivity index (χ4v) is 2.14. The third-order valence-electron chi connectivity index (χ3n) is 3.25. The van der Waals surface area contributed by atoms with Crippen molar-refractivity contribution in [1.82, 2.24) is 10.2 Å². The third kappa shape index (κ3) is 8.03. The molecule has 0 aliphatic heterocycles. The van der Waals surface area contributed by atoms with Gasteiger partial charge in [0.25, 0.3) is 0 Å². The minimum absolute atomic E-state index is 0.315. The van der Waals surface area contributed by atoms with E-state index in [9.17, 15) is 5.11 Å². The number of aliphatic hydroxyl groups excluding tert-OH is 1. The summed E-state index contributed by atoms with van der Waals surface area (Å²) < 4.78 is 5.15. The van der Waals surface area contributed by atoms with Gasteiger partial charge in [-0.3, -0.25) is 4.90 Å². The summed E-state index contributed by atoms with van der Waals surface area (Å²) in [5.74, 6) is 0. The lowest BCUT2D eigenvalue weighted by molar-refractivity contribution is 0.0603. The molecule has 18 heavy (non-hydrogen) atoms. The molecule has 0 amide bonds. The number of nitrogens with one attached hydrogen (secondary N) is 1. The van der Waals surface area contributed by atoms with Crippen LogP contribution in [0.3, 0.4) is 0 Å². The standard InChI is InChI=1S/C14H32N2O2/c1-6-13(7-2)16(8-9-18-5)11-14(17)10-15-12(3)4/h12-15,17H,6-11H2,1-5H3. The van der Waals surface area contributed by atoms with E-state index in [2.05, 4.69) is 37.9 Å². The third-order valence-corrected chi connectivity index (χ3v) is 3.25. The molecule has 0 aromatic heterocycles. The fraction of sp³-hybridized carbons (Fsp3) is 1.00. The molecule has 0 aromatic carbocycles. The van der Waals surface area contributed by atoms with Crippen LogP contribution < -0.4 is 5.32 Å². The molecule has 0 aliphatic carbocycles. The van der Waals surface area contributed by atoms with Gasteiger partial charge in [0.2, 0.25) is 0 Å². The SMILES string of the molecule is CCC(CC)N(CCOC)CC(O)CNC(C)C. The van der Waals surface area contributed by atoms with Gasteiger partial charge in [0.1, 0.15) is 0 Å². The van der Waals surface area contributed by atoms with E-state index in [-0.39, 0.29) is 6.10 Å². The summed E-state index contributed by atoms with van der Waals surface area (Å²) in [6, 6.07) is 0.953. The summed E-state index contributed by atoms with van der Waals surface area (Å²) in [5.41, 5.74) is 0. The second-order valence-electron chi connectivity index (χ2n) is 5.17. The number of nitrogens with zero attached hydrogens (tertiary/aromatic N) is 1. The molecule has 0 bridgehead atoms. The first-order valence-corrected chi connectivity index (χ1v) is 7.19. The van der Waals surface area contributed by atoms with Gasteiger partial charge < -0.3 is 15.2 Å². The molecule has 0 aromatic rings. The predicted molar refractivity (Wildman–Crippen MR) is 77.0 cm³/mol. The van der Waals surface area contributed by atoms with Crippen LogP contribution in [0.15, 0.2) is 0 Å². The van der Waals surface area contributed by atoms with Crippen molar-refractivity contribution in [3.63, 3.8) is 0 Å². The maximum absolute atomic E-state index is 10.1. The molecule has 0 rings (SSSR count). The number of ether oxygens (including phenoxy) is 1. The number of hydrogen-bond donors (Lipinski definition) is 2. The Hall–Kier alpha value is -0.160. The average Bonchev–Trinajstić information content (AvgIpc) is 2.34. The number of rotatable bonds is 11. The molecule has 0 saturated heterocycles. The first-order chi connectivity index (χ1) is 8.54. The van der Waals surface area contributed by atoms with Gasteiger partial charge in [-0.2, -0.15) is 0 Å². The zero-order valence-electron chi connectivity index (χ0n) is 12.8. The highest BCUT2D eigenvalue weighted by atomic mass is 16.5. The molecule has 0 fully saturated rings. The highest BCUT2D eigenvalue weighted by Gasteiger charge is 2.18. The van der Waals surface area contributed by atoms with Crippen molar-refractivity contribution in [3.8, 4) is 0 Å². The lowest BCUT2D eigenvalue weighted by Gasteiger charge is -2.32. The normalized spacial score (nSPS) is 13.8. The Morgan fingerprint density at radius 3 is 2.28 bits per heavy atom. The van der Waals surface area contributed by atoms with Crippen molar-refractivity contribution in [3.05, 3.63) is 0 Å². The van der Waals surface area contributed by atoms with Crippen LogP contribution >= 0.6 is 0 Å². The van der Waals surface area contributed by atoms with E-state index in [1.807, 2.05) is 0 Å². The van der Waals surface area contributed by atoms with E-state index < -0.39 is 0 Å². The Kier molecular flexibility index (Phi) is 10.6. The minimum Gasteiger partial charge on any atom is -0.390 e. The summed E-state index contributed by atoms with van der Waals surface area (Å²) in [6.07, 6.45) is 1.92. The van der Waals surface area contributed by atoms with Gasteiger partial charge in [-0.1, -0.05) is 27.7 Å². The van der Waals surface area contributed by atoms with Gasteiger partial charge in [-0.25, -0.2) is 0 Å². The maximum Gasteiger partial charge on any atom is 0.0791 e. The summed E-state index contributed by atoms with van der Waals surface area (Å²) in [6.45, 7) is 11.6. The quantitative estimate of drug-likeness (QED) is 0.591. The molecule has 0 radical (unpaired) electrons. The number of aliphatic hydroxyl groups is 1. The zero-order valence-corrected chi connectivity index (χ0v) is 12.8. The van der Waals surface area contributed by atoms with Crippen molar-refractivity contribution < 1.29 is 9.84 Å². The lowest BCUT2D eigenvalue weighted by Crippen LogP contribution is -2.45. The van der Waals surface area contributed by atoms with E-state index in [0.717, 1.165) is 32.5 Å². The Morgan fingerprint density at radius 1 is 1.22 bits per heavy atom. The minimum atomic E-state index is -0.315. The van der Waals surface area contributed by atoms with Gasteiger partial charge in [0, 0.05) is 38.8 Å². The molecule has 0 spiro atoms. The summed E-state index contributed by atoms with van der Waals surface area (Å²) in [4.78, 5) is 2.34. The molecular formula is C14H32N2O2. The van der Waals surface area contributed by atoms with Gasteiger partial charge >= 0.3 is 0 Å². The largest absolute Gasteiger partial charge is 0.390 e. The average molecular weight is 260 g/mol. The summed E-state index contributed by atoms with van der Waals surface area (Å²) in [7, 11) is 1.72. The fourth-order valence-electron chi connectivity index (χ4n) is 2.14. The molecule has 0 saturated carbocycles. The van der Waals surface area contributed by atoms with E-state index >= 15 is 0 Å². The molecular weight excluding hydrogens is 228 g/mol. The Labute approximate surface area is 113 Å². The second kappa shape index (κ2) is 10.7. The molecule has 4 nitrogen and oxygen atoms in total. The van der Waals surface area contributed by atoms with Crippen LogP contribution in [0.4, 0.5) is 0 Å². The Bertz CT molecular complexity index is 185. The van der Waals surface area contributed by atoms with Crippen molar-refractivity contribution in [2.45, 2.75) is 58.7 Å². The highest BCUT2D eigenvalue weighted by molar-refractivity contribution is 4.74. The van der Waals surface area contributed by atoms with Gasteiger partial charge in [0.15, 0.2) is 0 Å². The second-order valence-corrected chi connectivity index (χ2v) is 5.17. The Balaban J connectivity index is 4.19. The summed E-state index contributed by atoms with van der Waals surface area (Å²) >= 11 is 0. The van der Waals surface area contributed by atoms with Crippen molar-refractivity contribution >= 4 is 0 Å².